The van der Waals surface area contributed by atoms with Gasteiger partial charge < -0.3 is 15.1 Å². The molecule has 0 unspecified atom stereocenters. The molecule has 4 rings (SSSR count). The van der Waals surface area contributed by atoms with Crippen LogP contribution in [0.1, 0.15) is 48.1 Å². The van der Waals surface area contributed by atoms with Crippen molar-refractivity contribution in [3.05, 3.63) is 88.1 Å². The van der Waals surface area contributed by atoms with Crippen molar-refractivity contribution >= 4 is 29.0 Å². The van der Waals surface area contributed by atoms with Crippen LogP contribution in [0.25, 0.3) is 0 Å². The third kappa shape index (κ3) is 6.93. The lowest BCUT2D eigenvalue weighted by molar-refractivity contribution is -0.133. The van der Waals surface area contributed by atoms with E-state index in [1.807, 2.05) is 52.7 Å². The monoisotopic (exact) mass is 486 g/mol. The van der Waals surface area contributed by atoms with Crippen LogP contribution in [-0.4, -0.2) is 34.3 Å². The Labute approximate surface area is 210 Å². The van der Waals surface area contributed by atoms with Gasteiger partial charge in [0.05, 0.1) is 18.2 Å². The van der Waals surface area contributed by atoms with Crippen LogP contribution in [0.3, 0.4) is 0 Å². The highest BCUT2D eigenvalue weighted by atomic mass is 32.1. The fourth-order valence-corrected chi connectivity index (χ4v) is 5.21. The molecule has 0 spiro atoms. The molecule has 1 heterocycles. The van der Waals surface area contributed by atoms with E-state index in [9.17, 15) is 14.9 Å². The van der Waals surface area contributed by atoms with Crippen LogP contribution in [0.2, 0.25) is 0 Å². The molecule has 1 aliphatic carbocycles. The number of carbonyl (C=O) groups is 2. The number of benzene rings is 2. The van der Waals surface area contributed by atoms with Gasteiger partial charge in [0.15, 0.2) is 0 Å². The van der Waals surface area contributed by atoms with E-state index >= 15 is 0 Å². The van der Waals surface area contributed by atoms with Gasteiger partial charge in [0, 0.05) is 23.2 Å². The zero-order valence-corrected chi connectivity index (χ0v) is 20.5. The van der Waals surface area contributed by atoms with E-state index in [4.69, 9.17) is 0 Å². The molecule has 1 fully saturated rings. The smallest absolute Gasteiger partial charge is 0.322 e. The molecule has 35 heavy (non-hydrogen) atoms. The van der Waals surface area contributed by atoms with Crippen LogP contribution < -0.4 is 5.32 Å². The summed E-state index contributed by atoms with van der Waals surface area (Å²) in [6.45, 7) is 1.02. The SMILES string of the molecule is N#Cc1cccc(NC(=O)N(CC(=O)N(Cc2ccccc2)Cc2cccs2)C2CCCCC2)c1. The molecule has 0 radical (unpaired) electrons. The fraction of sp³-hybridized carbons (Fsp3) is 0.321. The molecule has 0 saturated heterocycles. The number of thiophene rings is 1. The van der Waals surface area contributed by atoms with Gasteiger partial charge in [-0.2, -0.15) is 5.26 Å². The molecule has 1 aromatic heterocycles. The van der Waals surface area contributed by atoms with E-state index in [2.05, 4.69) is 11.4 Å². The molecule has 1 saturated carbocycles. The minimum Gasteiger partial charge on any atom is -0.332 e. The zero-order valence-electron chi connectivity index (χ0n) is 19.7. The number of hydrogen-bond acceptors (Lipinski definition) is 4. The van der Waals surface area contributed by atoms with Crippen LogP contribution >= 0.6 is 11.3 Å². The van der Waals surface area contributed by atoms with Crippen LogP contribution in [0.4, 0.5) is 10.5 Å². The highest BCUT2D eigenvalue weighted by molar-refractivity contribution is 7.09. The Bertz CT molecular complexity index is 1150. The zero-order chi connectivity index (χ0) is 24.5. The molecule has 2 aromatic carbocycles. The second kappa shape index (κ2) is 12.2. The van der Waals surface area contributed by atoms with Crippen LogP contribution in [0.5, 0.6) is 0 Å². The lowest BCUT2D eigenvalue weighted by atomic mass is 9.94. The van der Waals surface area contributed by atoms with E-state index in [-0.39, 0.29) is 24.5 Å². The predicted molar refractivity (Wildman–Crippen MR) is 139 cm³/mol. The van der Waals surface area contributed by atoms with E-state index in [0.717, 1.165) is 42.5 Å². The van der Waals surface area contributed by atoms with Crippen molar-refractivity contribution in [3.63, 3.8) is 0 Å². The normalized spacial score (nSPS) is 13.6. The van der Waals surface area contributed by atoms with Crippen molar-refractivity contribution in [2.75, 3.05) is 11.9 Å². The Morgan fingerprint density at radius 1 is 0.971 bits per heavy atom. The second-order valence-corrected chi connectivity index (χ2v) is 9.89. The van der Waals surface area contributed by atoms with Gasteiger partial charge in [-0.05, 0) is 48.1 Å². The van der Waals surface area contributed by atoms with Gasteiger partial charge in [-0.15, -0.1) is 11.3 Å². The summed E-state index contributed by atoms with van der Waals surface area (Å²) in [5, 5.41) is 14.1. The van der Waals surface area contributed by atoms with Crippen molar-refractivity contribution in [1.29, 1.82) is 5.26 Å². The van der Waals surface area contributed by atoms with Gasteiger partial charge >= 0.3 is 6.03 Å². The molecule has 7 heteroatoms. The van der Waals surface area contributed by atoms with Gasteiger partial charge in [0.2, 0.25) is 5.91 Å². The van der Waals surface area contributed by atoms with E-state index in [1.54, 1.807) is 40.5 Å². The lowest BCUT2D eigenvalue weighted by Crippen LogP contribution is -2.49. The Morgan fingerprint density at radius 2 is 1.77 bits per heavy atom. The summed E-state index contributed by atoms with van der Waals surface area (Å²) in [4.78, 5) is 31.7. The molecule has 1 aliphatic rings. The molecule has 0 atom stereocenters. The second-order valence-electron chi connectivity index (χ2n) is 8.86. The van der Waals surface area contributed by atoms with Crippen LogP contribution in [-0.2, 0) is 17.9 Å². The van der Waals surface area contributed by atoms with Crippen molar-refractivity contribution in [2.24, 2.45) is 0 Å². The maximum Gasteiger partial charge on any atom is 0.322 e. The minimum absolute atomic E-state index is 0.0205. The maximum atomic E-state index is 13.7. The highest BCUT2D eigenvalue weighted by Gasteiger charge is 2.29. The maximum absolute atomic E-state index is 13.7. The summed E-state index contributed by atoms with van der Waals surface area (Å²) in [5.74, 6) is -0.0752. The van der Waals surface area contributed by atoms with Gasteiger partial charge in [-0.25, -0.2) is 4.79 Å². The van der Waals surface area contributed by atoms with Crippen LogP contribution in [0, 0.1) is 11.3 Å². The summed E-state index contributed by atoms with van der Waals surface area (Å²) >= 11 is 1.62. The van der Waals surface area contributed by atoms with Crippen molar-refractivity contribution in [3.8, 4) is 6.07 Å². The Kier molecular flexibility index (Phi) is 8.53. The summed E-state index contributed by atoms with van der Waals surface area (Å²) < 4.78 is 0. The standard InChI is InChI=1S/C28H30N4O2S/c29-18-23-11-7-12-24(17-23)30-28(34)32(25-13-5-2-6-14-25)21-27(33)31(20-26-15-8-16-35-26)19-22-9-3-1-4-10-22/h1,3-4,7-12,15-17,25H,2,5-6,13-14,19-21H2,(H,30,34). The molecule has 6 nitrogen and oxygen atoms in total. The van der Waals surface area contributed by atoms with Crippen molar-refractivity contribution in [1.82, 2.24) is 9.80 Å². The van der Waals surface area contributed by atoms with Gasteiger partial charge in [-0.3, -0.25) is 4.79 Å². The third-order valence-corrected chi connectivity index (χ3v) is 7.18. The summed E-state index contributed by atoms with van der Waals surface area (Å²) in [6, 6.07) is 22.6. The molecular weight excluding hydrogens is 456 g/mol. The number of rotatable bonds is 8. The first kappa shape index (κ1) is 24.5. The lowest BCUT2D eigenvalue weighted by Gasteiger charge is -2.35. The number of amides is 3. The minimum atomic E-state index is -0.295. The number of carbonyl (C=O) groups excluding carboxylic acids is 2. The molecular formula is C28H30N4O2S. The van der Waals surface area contributed by atoms with Crippen molar-refractivity contribution in [2.45, 2.75) is 51.2 Å². The van der Waals surface area contributed by atoms with Crippen molar-refractivity contribution < 1.29 is 9.59 Å². The number of anilines is 1. The largest absolute Gasteiger partial charge is 0.332 e. The average Bonchev–Trinajstić information content (AvgIpc) is 3.41. The van der Waals surface area contributed by atoms with E-state index in [0.29, 0.717) is 24.3 Å². The Hall–Kier alpha value is -3.63. The first-order chi connectivity index (χ1) is 17.1. The predicted octanol–water partition coefficient (Wildman–Crippen LogP) is 6.02. The molecule has 180 valence electrons. The molecule has 0 bridgehead atoms. The Morgan fingerprint density at radius 3 is 2.49 bits per heavy atom. The van der Waals surface area contributed by atoms with Gasteiger partial charge in [-0.1, -0.05) is 61.7 Å². The number of nitrogens with zero attached hydrogens (tertiary/aromatic N) is 3. The van der Waals surface area contributed by atoms with E-state index in [1.165, 1.54) is 0 Å². The Balaban J connectivity index is 1.53. The fourth-order valence-electron chi connectivity index (χ4n) is 4.49. The molecule has 1 N–H and O–H groups in total. The number of hydrogen-bond donors (Lipinski definition) is 1. The van der Waals surface area contributed by atoms with Gasteiger partial charge in [0.1, 0.15) is 6.54 Å². The quantitative estimate of drug-likeness (QED) is 0.423. The average molecular weight is 487 g/mol. The summed E-state index contributed by atoms with van der Waals surface area (Å²) in [5.41, 5.74) is 2.09. The first-order valence-corrected chi connectivity index (χ1v) is 12.9. The number of urea groups is 1. The topological polar surface area (TPSA) is 76.4 Å². The highest BCUT2D eigenvalue weighted by Crippen LogP contribution is 2.24. The number of nitrogens with one attached hydrogen (secondary N) is 1. The number of nitriles is 1. The van der Waals surface area contributed by atoms with Crippen LogP contribution in [0.15, 0.2) is 72.1 Å². The first-order valence-electron chi connectivity index (χ1n) is 12.0. The molecule has 3 amide bonds. The van der Waals surface area contributed by atoms with Gasteiger partial charge in [0.25, 0.3) is 0 Å². The molecule has 3 aromatic rings. The third-order valence-electron chi connectivity index (χ3n) is 6.32. The summed E-state index contributed by atoms with van der Waals surface area (Å²) in [7, 11) is 0. The van der Waals surface area contributed by atoms with E-state index < -0.39 is 0 Å². The summed E-state index contributed by atoms with van der Waals surface area (Å²) in [6.07, 6.45) is 5.04. The molecule has 0 aliphatic heterocycles.